The van der Waals surface area contributed by atoms with Crippen molar-refractivity contribution in [1.82, 2.24) is 4.90 Å². The molecule has 0 N–H and O–H groups in total. The fraction of sp³-hybridized carbons (Fsp3) is 1.00. The van der Waals surface area contributed by atoms with Gasteiger partial charge >= 0.3 is 0 Å². The molecule has 0 saturated carbocycles. The molecule has 1 heterocycles. The third kappa shape index (κ3) is 2.67. The first-order valence-corrected chi connectivity index (χ1v) is 6.10. The maximum Gasteiger partial charge on any atom is 0.0172 e. The van der Waals surface area contributed by atoms with Crippen LogP contribution in [0, 0.1) is 0 Å². The van der Waals surface area contributed by atoms with Crippen molar-refractivity contribution < 1.29 is 0 Å². The van der Waals surface area contributed by atoms with E-state index in [1.165, 1.54) is 25.9 Å². The molecule has 72 valence electrons. The number of piperidine rings is 1. The molecule has 0 aromatic rings. The van der Waals surface area contributed by atoms with Crippen LogP contribution in [0.5, 0.6) is 0 Å². The van der Waals surface area contributed by atoms with Gasteiger partial charge in [-0.1, -0.05) is 0 Å². The Bertz CT molecular complexity index is 139. The summed E-state index contributed by atoms with van der Waals surface area (Å²) < 4.78 is 0. The smallest absolute Gasteiger partial charge is 0.0172 e. The summed E-state index contributed by atoms with van der Waals surface area (Å²) in [4.78, 5) is 2.61. The second-order valence-corrected chi connectivity index (χ2v) is 5.75. The molecule has 1 atom stereocenters. The number of thioether (sulfide) groups is 1. The van der Waals surface area contributed by atoms with Crippen LogP contribution in [0.1, 0.15) is 33.6 Å². The molecule has 1 fully saturated rings. The van der Waals surface area contributed by atoms with E-state index in [0.717, 1.165) is 5.25 Å². The van der Waals surface area contributed by atoms with E-state index >= 15 is 0 Å². The minimum atomic E-state index is 0.369. The molecule has 0 aromatic heterocycles. The summed E-state index contributed by atoms with van der Waals surface area (Å²) >= 11 is 2.02. The first-order valence-electron chi connectivity index (χ1n) is 4.82. The predicted octanol–water partition coefficient (Wildman–Crippen LogP) is 2.61. The molecule has 2 heteroatoms. The van der Waals surface area contributed by atoms with E-state index in [0.29, 0.717) is 5.54 Å². The van der Waals surface area contributed by atoms with Crippen molar-refractivity contribution in [3.05, 3.63) is 0 Å². The first kappa shape index (κ1) is 10.4. The lowest BCUT2D eigenvalue weighted by Crippen LogP contribution is -2.48. The fourth-order valence-corrected chi connectivity index (χ4v) is 2.47. The summed E-state index contributed by atoms with van der Waals surface area (Å²) in [6, 6.07) is 0. The van der Waals surface area contributed by atoms with Crippen LogP contribution in [0.3, 0.4) is 0 Å². The fourth-order valence-electron chi connectivity index (χ4n) is 1.74. The second kappa shape index (κ2) is 4.01. The molecular weight excluding hydrogens is 166 g/mol. The second-order valence-electron chi connectivity index (χ2n) is 4.62. The van der Waals surface area contributed by atoms with Gasteiger partial charge in [0.15, 0.2) is 0 Å². The molecule has 0 aliphatic carbocycles. The number of hydrogen-bond donors (Lipinski definition) is 0. The quantitative estimate of drug-likeness (QED) is 0.621. The summed E-state index contributed by atoms with van der Waals surface area (Å²) in [6.07, 6.45) is 5.02. The van der Waals surface area contributed by atoms with E-state index in [1.54, 1.807) is 0 Å². The Morgan fingerprint density at radius 1 is 1.33 bits per heavy atom. The Balaban J connectivity index is 2.46. The van der Waals surface area contributed by atoms with Crippen LogP contribution >= 0.6 is 11.8 Å². The molecule has 1 saturated heterocycles. The Hall–Kier alpha value is 0.310. The normalized spacial score (nSPS) is 27.5. The van der Waals surface area contributed by atoms with Crippen LogP contribution in [0.4, 0.5) is 0 Å². The molecule has 1 nitrogen and oxygen atoms in total. The lowest BCUT2D eigenvalue weighted by molar-refractivity contribution is 0.114. The summed E-state index contributed by atoms with van der Waals surface area (Å²) in [5.74, 6) is 0. The van der Waals surface area contributed by atoms with Crippen molar-refractivity contribution in [1.29, 1.82) is 0 Å². The van der Waals surface area contributed by atoms with Crippen LogP contribution in [0.2, 0.25) is 0 Å². The van der Waals surface area contributed by atoms with Gasteiger partial charge in [0.05, 0.1) is 0 Å². The Kier molecular flexibility index (Phi) is 3.47. The third-order valence-corrected chi connectivity index (χ3v) is 3.71. The van der Waals surface area contributed by atoms with E-state index in [9.17, 15) is 0 Å². The lowest BCUT2D eigenvalue weighted by Gasteiger charge is -2.41. The Morgan fingerprint density at radius 2 is 2.00 bits per heavy atom. The van der Waals surface area contributed by atoms with E-state index in [1.807, 2.05) is 11.8 Å². The van der Waals surface area contributed by atoms with Gasteiger partial charge in [0.2, 0.25) is 0 Å². The lowest BCUT2D eigenvalue weighted by atomic mass is 10.0. The van der Waals surface area contributed by atoms with Crippen LogP contribution in [0.15, 0.2) is 0 Å². The standard InChI is InChI=1S/C10H21NS/c1-10(2,3)11-7-5-6-9(8-11)12-4/h9H,5-8H2,1-4H3. The monoisotopic (exact) mass is 187 g/mol. The van der Waals surface area contributed by atoms with Crippen molar-refractivity contribution in [3.8, 4) is 0 Å². The first-order chi connectivity index (χ1) is 5.54. The van der Waals surface area contributed by atoms with Gasteiger partial charge in [0.25, 0.3) is 0 Å². The van der Waals surface area contributed by atoms with Crippen molar-refractivity contribution >= 4 is 11.8 Å². The van der Waals surface area contributed by atoms with Gasteiger partial charge in [-0.3, -0.25) is 4.90 Å². The largest absolute Gasteiger partial charge is 0.297 e. The highest BCUT2D eigenvalue weighted by atomic mass is 32.2. The number of likely N-dealkylation sites (tertiary alicyclic amines) is 1. The average molecular weight is 187 g/mol. The highest BCUT2D eigenvalue weighted by Gasteiger charge is 2.26. The molecule has 0 amide bonds. The SMILES string of the molecule is CSC1CCCN(C(C)(C)C)C1. The summed E-state index contributed by atoms with van der Waals surface area (Å²) in [5, 5.41) is 0.873. The van der Waals surface area contributed by atoms with Gasteiger partial charge < -0.3 is 0 Å². The van der Waals surface area contributed by atoms with Crippen molar-refractivity contribution in [2.45, 2.75) is 44.4 Å². The maximum atomic E-state index is 2.61. The van der Waals surface area contributed by atoms with E-state index in [-0.39, 0.29) is 0 Å². The average Bonchev–Trinajstić information content (AvgIpc) is 2.03. The molecule has 0 aromatic carbocycles. The molecule has 0 spiro atoms. The highest BCUT2D eigenvalue weighted by molar-refractivity contribution is 7.99. The van der Waals surface area contributed by atoms with Gasteiger partial charge in [0, 0.05) is 17.3 Å². The zero-order valence-electron chi connectivity index (χ0n) is 8.76. The molecule has 0 radical (unpaired) electrons. The van der Waals surface area contributed by atoms with Gasteiger partial charge in [-0.15, -0.1) is 0 Å². The minimum absolute atomic E-state index is 0.369. The topological polar surface area (TPSA) is 3.24 Å². The van der Waals surface area contributed by atoms with Gasteiger partial charge in [-0.25, -0.2) is 0 Å². The van der Waals surface area contributed by atoms with Crippen molar-refractivity contribution in [2.24, 2.45) is 0 Å². The summed E-state index contributed by atoms with van der Waals surface area (Å²) in [5.41, 5.74) is 0.369. The Labute approximate surface area is 80.9 Å². The molecular formula is C10H21NS. The molecule has 0 bridgehead atoms. The number of hydrogen-bond acceptors (Lipinski definition) is 2. The van der Waals surface area contributed by atoms with Crippen LogP contribution < -0.4 is 0 Å². The van der Waals surface area contributed by atoms with Gasteiger partial charge in [-0.2, -0.15) is 11.8 Å². The van der Waals surface area contributed by atoms with Gasteiger partial charge in [0.1, 0.15) is 0 Å². The predicted molar refractivity (Wildman–Crippen MR) is 57.9 cm³/mol. The van der Waals surface area contributed by atoms with Crippen LogP contribution in [0.25, 0.3) is 0 Å². The zero-order valence-corrected chi connectivity index (χ0v) is 9.58. The summed E-state index contributed by atoms with van der Waals surface area (Å²) in [7, 11) is 0. The van der Waals surface area contributed by atoms with Gasteiger partial charge in [-0.05, 0) is 46.4 Å². The van der Waals surface area contributed by atoms with Crippen LogP contribution in [-0.4, -0.2) is 35.0 Å². The minimum Gasteiger partial charge on any atom is -0.297 e. The van der Waals surface area contributed by atoms with Crippen LogP contribution in [-0.2, 0) is 0 Å². The molecule has 1 rings (SSSR count). The van der Waals surface area contributed by atoms with Crippen molar-refractivity contribution in [2.75, 3.05) is 19.3 Å². The molecule has 1 aliphatic heterocycles. The third-order valence-electron chi connectivity index (χ3n) is 2.66. The molecule has 12 heavy (non-hydrogen) atoms. The molecule has 1 unspecified atom stereocenters. The number of nitrogens with zero attached hydrogens (tertiary/aromatic N) is 1. The molecule has 1 aliphatic rings. The summed E-state index contributed by atoms with van der Waals surface area (Å²) in [6.45, 7) is 9.52. The zero-order chi connectivity index (χ0) is 9.19. The highest BCUT2D eigenvalue weighted by Crippen LogP contribution is 2.25. The van der Waals surface area contributed by atoms with E-state index in [4.69, 9.17) is 0 Å². The number of rotatable bonds is 1. The maximum absolute atomic E-state index is 2.61. The van der Waals surface area contributed by atoms with E-state index < -0.39 is 0 Å². The Morgan fingerprint density at radius 3 is 2.50 bits per heavy atom. The van der Waals surface area contributed by atoms with E-state index in [2.05, 4.69) is 31.9 Å². The van der Waals surface area contributed by atoms with Crippen molar-refractivity contribution in [3.63, 3.8) is 0 Å².